The number of hydrogen-bond acceptors (Lipinski definition) is 3. The van der Waals surface area contributed by atoms with E-state index < -0.39 is 0 Å². The monoisotopic (exact) mass is 205 g/mol. The van der Waals surface area contributed by atoms with Crippen LogP contribution in [0.3, 0.4) is 0 Å². The molecule has 2 atom stereocenters. The average molecular weight is 205 g/mol. The zero-order valence-electron chi connectivity index (χ0n) is 8.61. The van der Waals surface area contributed by atoms with Gasteiger partial charge in [0.05, 0.1) is 0 Å². The summed E-state index contributed by atoms with van der Waals surface area (Å²) in [6.07, 6.45) is 2.60. The van der Waals surface area contributed by atoms with E-state index in [0.29, 0.717) is 12.6 Å². The number of fused-ring (bicyclic) bond motifs is 1. The number of benzene rings is 1. The topological polar surface area (TPSA) is 30.5 Å². The Morgan fingerprint density at radius 2 is 2.07 bits per heavy atom. The van der Waals surface area contributed by atoms with Gasteiger partial charge in [-0.2, -0.15) is 0 Å². The first-order chi connectivity index (χ1) is 7.43. The SMILES string of the molecule is c1ccc2c(c1)OC[C@H]([C@H]1CCCN1)O2. The molecule has 1 aromatic rings. The fraction of sp³-hybridized carbons (Fsp3) is 0.500. The second-order valence-electron chi connectivity index (χ2n) is 4.12. The van der Waals surface area contributed by atoms with Crippen molar-refractivity contribution in [3.8, 4) is 11.5 Å². The molecule has 0 saturated carbocycles. The van der Waals surface area contributed by atoms with Gasteiger partial charge in [0.2, 0.25) is 0 Å². The minimum absolute atomic E-state index is 0.169. The highest BCUT2D eigenvalue weighted by molar-refractivity contribution is 5.40. The molecule has 0 unspecified atom stereocenters. The van der Waals surface area contributed by atoms with Gasteiger partial charge in [-0.25, -0.2) is 0 Å². The molecular weight excluding hydrogens is 190 g/mol. The Balaban J connectivity index is 1.76. The molecule has 1 saturated heterocycles. The molecule has 3 heteroatoms. The van der Waals surface area contributed by atoms with Crippen molar-refractivity contribution in [1.29, 1.82) is 0 Å². The van der Waals surface area contributed by atoms with E-state index in [2.05, 4.69) is 5.32 Å². The predicted octanol–water partition coefficient (Wildman–Crippen LogP) is 1.58. The first kappa shape index (κ1) is 9.04. The van der Waals surface area contributed by atoms with E-state index in [-0.39, 0.29) is 6.10 Å². The molecule has 1 fully saturated rings. The van der Waals surface area contributed by atoms with Gasteiger partial charge in [0.25, 0.3) is 0 Å². The van der Waals surface area contributed by atoms with Crippen molar-refractivity contribution in [1.82, 2.24) is 5.32 Å². The molecule has 1 N–H and O–H groups in total. The van der Waals surface area contributed by atoms with Crippen LogP contribution in [0, 0.1) is 0 Å². The van der Waals surface area contributed by atoms with Gasteiger partial charge in [-0.1, -0.05) is 12.1 Å². The van der Waals surface area contributed by atoms with Gasteiger partial charge in [-0.15, -0.1) is 0 Å². The van der Waals surface area contributed by atoms with Crippen LogP contribution in [0.1, 0.15) is 12.8 Å². The molecule has 2 aliphatic heterocycles. The van der Waals surface area contributed by atoms with Crippen LogP contribution >= 0.6 is 0 Å². The van der Waals surface area contributed by atoms with Crippen LogP contribution in [0.4, 0.5) is 0 Å². The lowest BCUT2D eigenvalue weighted by Gasteiger charge is -2.30. The molecule has 3 rings (SSSR count). The highest BCUT2D eigenvalue weighted by Crippen LogP contribution is 2.32. The molecule has 0 spiro atoms. The standard InChI is InChI=1S/C12H15NO2/c1-2-6-11-10(5-1)14-8-12(15-11)9-4-3-7-13-9/h1-2,5-6,9,12-13H,3-4,7-8H2/t9-,12-/m1/s1. The second-order valence-corrected chi connectivity index (χ2v) is 4.12. The number of rotatable bonds is 1. The zero-order chi connectivity index (χ0) is 10.1. The third-order valence-electron chi connectivity index (χ3n) is 3.08. The maximum Gasteiger partial charge on any atom is 0.161 e. The van der Waals surface area contributed by atoms with Crippen molar-refractivity contribution < 1.29 is 9.47 Å². The number of nitrogens with one attached hydrogen (secondary N) is 1. The fourth-order valence-electron chi connectivity index (χ4n) is 2.26. The molecule has 15 heavy (non-hydrogen) atoms. The molecule has 2 aliphatic rings. The van der Waals surface area contributed by atoms with Crippen molar-refractivity contribution in [2.75, 3.05) is 13.2 Å². The fourth-order valence-corrected chi connectivity index (χ4v) is 2.26. The summed E-state index contributed by atoms with van der Waals surface area (Å²) in [6, 6.07) is 8.32. The molecule has 0 radical (unpaired) electrons. The summed E-state index contributed by atoms with van der Waals surface area (Å²) in [5, 5.41) is 3.45. The summed E-state index contributed by atoms with van der Waals surface area (Å²) in [5.41, 5.74) is 0. The molecule has 80 valence electrons. The van der Waals surface area contributed by atoms with Gasteiger partial charge in [0.1, 0.15) is 12.7 Å². The Kier molecular flexibility index (Phi) is 2.25. The average Bonchev–Trinajstić information content (AvgIpc) is 2.82. The van der Waals surface area contributed by atoms with Crippen LogP contribution in [0.2, 0.25) is 0 Å². The highest BCUT2D eigenvalue weighted by atomic mass is 16.6. The summed E-state index contributed by atoms with van der Waals surface area (Å²) in [4.78, 5) is 0. The van der Waals surface area contributed by atoms with E-state index in [9.17, 15) is 0 Å². The lowest BCUT2D eigenvalue weighted by Crippen LogP contribution is -2.44. The van der Waals surface area contributed by atoms with Gasteiger partial charge in [-0.3, -0.25) is 0 Å². The summed E-state index contributed by atoms with van der Waals surface area (Å²) < 4.78 is 11.6. The molecule has 0 aromatic heterocycles. The van der Waals surface area contributed by atoms with Gasteiger partial charge in [-0.05, 0) is 31.5 Å². The first-order valence-electron chi connectivity index (χ1n) is 5.55. The van der Waals surface area contributed by atoms with Crippen LogP contribution in [0.5, 0.6) is 11.5 Å². The van der Waals surface area contributed by atoms with Crippen molar-refractivity contribution in [3.63, 3.8) is 0 Å². The maximum absolute atomic E-state index is 5.93. The second kappa shape index (κ2) is 3.74. The summed E-state index contributed by atoms with van der Waals surface area (Å²) in [6.45, 7) is 1.76. The van der Waals surface area contributed by atoms with E-state index in [1.165, 1.54) is 12.8 Å². The van der Waals surface area contributed by atoms with Crippen molar-refractivity contribution in [2.45, 2.75) is 25.0 Å². The van der Waals surface area contributed by atoms with Crippen molar-refractivity contribution in [2.24, 2.45) is 0 Å². The van der Waals surface area contributed by atoms with Crippen LogP contribution in [-0.4, -0.2) is 25.3 Å². The molecule has 1 aromatic carbocycles. The van der Waals surface area contributed by atoms with Crippen molar-refractivity contribution in [3.05, 3.63) is 24.3 Å². The lowest BCUT2D eigenvalue weighted by molar-refractivity contribution is 0.0672. The Hall–Kier alpha value is -1.22. The largest absolute Gasteiger partial charge is 0.486 e. The van der Waals surface area contributed by atoms with Gasteiger partial charge < -0.3 is 14.8 Å². The van der Waals surface area contributed by atoms with E-state index in [1.807, 2.05) is 24.3 Å². The predicted molar refractivity (Wildman–Crippen MR) is 57.4 cm³/mol. The third-order valence-corrected chi connectivity index (χ3v) is 3.08. The Labute approximate surface area is 89.4 Å². The van der Waals surface area contributed by atoms with E-state index in [0.717, 1.165) is 18.0 Å². The Bertz CT molecular complexity index is 347. The normalized spacial score (nSPS) is 29.1. The molecule has 0 aliphatic carbocycles. The van der Waals surface area contributed by atoms with E-state index in [4.69, 9.17) is 9.47 Å². The third kappa shape index (κ3) is 1.67. The van der Waals surface area contributed by atoms with Crippen molar-refractivity contribution >= 4 is 0 Å². The molecular formula is C12H15NO2. The van der Waals surface area contributed by atoms with Gasteiger partial charge >= 0.3 is 0 Å². The minimum atomic E-state index is 0.169. The van der Waals surface area contributed by atoms with Crippen LogP contribution in [0.25, 0.3) is 0 Å². The van der Waals surface area contributed by atoms with Gasteiger partial charge in [0.15, 0.2) is 11.5 Å². The minimum Gasteiger partial charge on any atom is -0.486 e. The first-order valence-corrected chi connectivity index (χ1v) is 5.55. The maximum atomic E-state index is 5.93. The van der Waals surface area contributed by atoms with Crippen LogP contribution in [0.15, 0.2) is 24.3 Å². The summed E-state index contributed by atoms with van der Waals surface area (Å²) >= 11 is 0. The summed E-state index contributed by atoms with van der Waals surface area (Å²) in [5.74, 6) is 1.74. The van der Waals surface area contributed by atoms with E-state index >= 15 is 0 Å². The Morgan fingerprint density at radius 3 is 2.87 bits per heavy atom. The van der Waals surface area contributed by atoms with E-state index in [1.54, 1.807) is 0 Å². The van der Waals surface area contributed by atoms with Crippen LogP contribution < -0.4 is 14.8 Å². The molecule has 0 amide bonds. The number of ether oxygens (including phenoxy) is 2. The molecule has 0 bridgehead atoms. The zero-order valence-corrected chi connectivity index (χ0v) is 8.61. The number of hydrogen-bond donors (Lipinski definition) is 1. The quantitative estimate of drug-likeness (QED) is 0.755. The number of para-hydroxylation sites is 2. The smallest absolute Gasteiger partial charge is 0.161 e. The Morgan fingerprint density at radius 1 is 1.20 bits per heavy atom. The lowest BCUT2D eigenvalue weighted by atomic mass is 10.1. The van der Waals surface area contributed by atoms with Crippen LogP contribution in [-0.2, 0) is 0 Å². The molecule has 3 nitrogen and oxygen atoms in total. The summed E-state index contributed by atoms with van der Waals surface area (Å²) in [7, 11) is 0. The highest BCUT2D eigenvalue weighted by Gasteiger charge is 2.30. The molecule has 2 heterocycles. The van der Waals surface area contributed by atoms with Gasteiger partial charge in [0, 0.05) is 6.04 Å².